The van der Waals surface area contributed by atoms with Gasteiger partial charge in [0.15, 0.2) is 0 Å². The maximum absolute atomic E-state index is 13.6. The van der Waals surface area contributed by atoms with Gasteiger partial charge in [0.05, 0.1) is 18.2 Å². The van der Waals surface area contributed by atoms with Crippen molar-refractivity contribution in [1.82, 2.24) is 0 Å². The number of carbonyl (C=O) groups is 2. The van der Waals surface area contributed by atoms with E-state index in [0.717, 1.165) is 28.0 Å². The zero-order chi connectivity index (χ0) is 28.6. The molecule has 0 bridgehead atoms. The summed E-state index contributed by atoms with van der Waals surface area (Å²) in [5.41, 5.74) is 4.53. The molecule has 1 aliphatic heterocycles. The van der Waals surface area contributed by atoms with E-state index in [-0.39, 0.29) is 22.7 Å². The minimum Gasteiger partial charge on any atom is -0.507 e. The average molecular weight is 546 g/mol. The van der Waals surface area contributed by atoms with Crippen LogP contribution < -0.4 is 9.64 Å². The number of rotatable bonds is 6. The zero-order valence-electron chi connectivity index (χ0n) is 23.6. The van der Waals surface area contributed by atoms with Crippen molar-refractivity contribution in [3.63, 3.8) is 0 Å². The van der Waals surface area contributed by atoms with Crippen molar-refractivity contribution < 1.29 is 19.4 Å². The maximum Gasteiger partial charge on any atom is 0.300 e. The van der Waals surface area contributed by atoms with Gasteiger partial charge in [0, 0.05) is 16.3 Å². The maximum atomic E-state index is 13.6. The van der Waals surface area contributed by atoms with Gasteiger partial charge in [-0.15, -0.1) is 0 Å². The van der Waals surface area contributed by atoms with Crippen molar-refractivity contribution in [2.45, 2.75) is 65.8 Å². The first kappa shape index (κ1) is 28.4. The first-order chi connectivity index (χ1) is 18.3. The second-order valence-corrected chi connectivity index (χ2v) is 11.7. The van der Waals surface area contributed by atoms with Crippen LogP contribution in [0.4, 0.5) is 5.69 Å². The minimum atomic E-state index is -0.827. The predicted octanol–water partition coefficient (Wildman–Crippen LogP) is 8.09. The highest BCUT2D eigenvalue weighted by molar-refractivity contribution is 6.51. The van der Waals surface area contributed by atoms with E-state index in [1.807, 2.05) is 64.1 Å². The molecule has 3 aromatic rings. The highest BCUT2D eigenvalue weighted by Gasteiger charge is 2.47. The Hall–Kier alpha value is -3.57. The molecule has 1 fully saturated rings. The number of aliphatic hydroxyl groups excluding tert-OH is 1. The monoisotopic (exact) mass is 545 g/mol. The number of Topliss-reactive ketones (excluding diaryl/α,β-unsaturated/α-hetero) is 1. The third-order valence-electron chi connectivity index (χ3n) is 7.18. The van der Waals surface area contributed by atoms with E-state index in [4.69, 9.17) is 16.3 Å². The van der Waals surface area contributed by atoms with Crippen LogP contribution in [0.15, 0.2) is 66.2 Å². The molecule has 0 aliphatic carbocycles. The fraction of sp³-hybridized carbons (Fsp3) is 0.333. The Bertz CT molecular complexity index is 1450. The Balaban J connectivity index is 1.94. The standard InChI is InChI=1S/C33H36ClNO4/c1-8-39-27-16-12-22(17-25(27)19(2)3)30(36)28-29(21-10-13-23(14-11-21)33(5,6)7)35(32(38)31(28)37)24-15-9-20(4)26(34)18-24/h9-19,29,36H,8H2,1-7H3/b30-28-. The lowest BCUT2D eigenvalue weighted by atomic mass is 9.85. The molecule has 3 aromatic carbocycles. The third-order valence-corrected chi connectivity index (χ3v) is 7.58. The van der Waals surface area contributed by atoms with Crippen molar-refractivity contribution in [2.75, 3.05) is 11.5 Å². The van der Waals surface area contributed by atoms with Crippen LogP contribution in [-0.2, 0) is 15.0 Å². The Kier molecular flexibility index (Phi) is 7.94. The molecule has 1 N–H and O–H groups in total. The zero-order valence-corrected chi connectivity index (χ0v) is 24.4. The summed E-state index contributed by atoms with van der Waals surface area (Å²) in [6.07, 6.45) is 0. The van der Waals surface area contributed by atoms with Gasteiger partial charge in [-0.1, -0.05) is 76.6 Å². The van der Waals surface area contributed by atoms with Crippen molar-refractivity contribution in [1.29, 1.82) is 0 Å². The molecule has 204 valence electrons. The summed E-state index contributed by atoms with van der Waals surface area (Å²) in [7, 11) is 0. The van der Waals surface area contributed by atoms with E-state index in [2.05, 4.69) is 20.8 Å². The van der Waals surface area contributed by atoms with Crippen LogP contribution in [0.2, 0.25) is 5.02 Å². The van der Waals surface area contributed by atoms with Crippen LogP contribution in [0.25, 0.3) is 5.76 Å². The molecule has 5 nitrogen and oxygen atoms in total. The molecule has 1 amide bonds. The number of aryl methyl sites for hydroxylation is 1. The number of halogens is 1. The van der Waals surface area contributed by atoms with Gasteiger partial charge in [0.25, 0.3) is 11.7 Å². The number of benzene rings is 3. The Morgan fingerprint density at radius 3 is 2.26 bits per heavy atom. The summed E-state index contributed by atoms with van der Waals surface area (Å²) in [6.45, 7) is 14.8. The molecule has 1 atom stereocenters. The van der Waals surface area contributed by atoms with Crippen LogP contribution in [0.3, 0.4) is 0 Å². The van der Waals surface area contributed by atoms with Crippen molar-refractivity contribution in [3.8, 4) is 5.75 Å². The van der Waals surface area contributed by atoms with E-state index in [1.54, 1.807) is 24.3 Å². The fourth-order valence-corrected chi connectivity index (χ4v) is 5.08. The van der Waals surface area contributed by atoms with Gasteiger partial charge < -0.3 is 9.84 Å². The average Bonchev–Trinajstić information content (AvgIpc) is 3.15. The number of carbonyl (C=O) groups excluding carboxylic acids is 2. The molecule has 6 heteroatoms. The van der Waals surface area contributed by atoms with E-state index in [9.17, 15) is 14.7 Å². The Labute approximate surface area is 236 Å². The Morgan fingerprint density at radius 2 is 1.69 bits per heavy atom. The number of amides is 1. The van der Waals surface area contributed by atoms with E-state index < -0.39 is 17.7 Å². The molecular formula is C33H36ClNO4. The first-order valence-corrected chi connectivity index (χ1v) is 13.7. The number of hydrogen-bond donors (Lipinski definition) is 1. The van der Waals surface area contributed by atoms with Crippen molar-refractivity contribution >= 4 is 34.7 Å². The molecule has 0 spiro atoms. The molecule has 0 aromatic heterocycles. The molecule has 1 unspecified atom stereocenters. The predicted molar refractivity (Wildman–Crippen MR) is 158 cm³/mol. The second kappa shape index (κ2) is 10.9. The van der Waals surface area contributed by atoms with Crippen LogP contribution >= 0.6 is 11.6 Å². The van der Waals surface area contributed by atoms with E-state index in [1.165, 1.54) is 4.90 Å². The van der Waals surface area contributed by atoms with Gasteiger partial charge in [0.2, 0.25) is 0 Å². The number of ketones is 1. The normalized spacial score (nSPS) is 17.3. The summed E-state index contributed by atoms with van der Waals surface area (Å²) in [5, 5.41) is 12.1. The lowest BCUT2D eigenvalue weighted by Gasteiger charge is -2.27. The smallest absolute Gasteiger partial charge is 0.300 e. The highest BCUT2D eigenvalue weighted by atomic mass is 35.5. The molecule has 1 aliphatic rings. The second-order valence-electron chi connectivity index (χ2n) is 11.3. The van der Waals surface area contributed by atoms with Crippen LogP contribution in [0, 0.1) is 6.92 Å². The SMILES string of the molecule is CCOc1ccc(/C(O)=C2/C(=O)C(=O)N(c3ccc(C)c(Cl)c3)C2c2ccc(C(C)(C)C)cc2)cc1C(C)C. The summed E-state index contributed by atoms with van der Waals surface area (Å²) in [6, 6.07) is 17.7. The van der Waals surface area contributed by atoms with Crippen LogP contribution in [0.1, 0.15) is 81.3 Å². The molecule has 4 rings (SSSR count). The van der Waals surface area contributed by atoms with Crippen molar-refractivity contribution in [2.24, 2.45) is 0 Å². The van der Waals surface area contributed by atoms with E-state index >= 15 is 0 Å². The summed E-state index contributed by atoms with van der Waals surface area (Å²) >= 11 is 6.43. The van der Waals surface area contributed by atoms with Gasteiger partial charge in [0.1, 0.15) is 11.5 Å². The molecule has 1 saturated heterocycles. The fourth-order valence-electron chi connectivity index (χ4n) is 4.90. The topological polar surface area (TPSA) is 66.8 Å². The van der Waals surface area contributed by atoms with Gasteiger partial charge in [-0.2, -0.15) is 0 Å². The lowest BCUT2D eigenvalue weighted by molar-refractivity contribution is -0.132. The molecule has 1 heterocycles. The molecule has 0 saturated carbocycles. The van der Waals surface area contributed by atoms with Crippen LogP contribution in [-0.4, -0.2) is 23.4 Å². The highest BCUT2D eigenvalue weighted by Crippen LogP contribution is 2.44. The molecule has 0 radical (unpaired) electrons. The van der Waals surface area contributed by atoms with Crippen molar-refractivity contribution in [3.05, 3.63) is 99.1 Å². The van der Waals surface area contributed by atoms with E-state index in [0.29, 0.717) is 22.9 Å². The summed E-state index contributed by atoms with van der Waals surface area (Å²) in [5.74, 6) is -0.820. The summed E-state index contributed by atoms with van der Waals surface area (Å²) < 4.78 is 5.78. The summed E-state index contributed by atoms with van der Waals surface area (Å²) in [4.78, 5) is 28.6. The van der Waals surface area contributed by atoms with Gasteiger partial charge in [-0.3, -0.25) is 14.5 Å². The van der Waals surface area contributed by atoms with Crippen LogP contribution in [0.5, 0.6) is 5.75 Å². The lowest BCUT2D eigenvalue weighted by Crippen LogP contribution is -2.29. The number of ether oxygens (including phenoxy) is 1. The number of aliphatic hydroxyl groups is 1. The third kappa shape index (κ3) is 5.46. The van der Waals surface area contributed by atoms with Gasteiger partial charge >= 0.3 is 0 Å². The Morgan fingerprint density at radius 1 is 1.03 bits per heavy atom. The number of anilines is 1. The first-order valence-electron chi connectivity index (χ1n) is 13.3. The number of hydrogen-bond acceptors (Lipinski definition) is 4. The quantitative estimate of drug-likeness (QED) is 0.193. The molecule has 39 heavy (non-hydrogen) atoms. The minimum absolute atomic E-state index is 0.0408. The van der Waals surface area contributed by atoms with Gasteiger partial charge in [-0.25, -0.2) is 0 Å². The molecular weight excluding hydrogens is 510 g/mol. The largest absolute Gasteiger partial charge is 0.507 e. The van der Waals surface area contributed by atoms with Gasteiger partial charge in [-0.05, 0) is 77.8 Å². The number of nitrogens with zero attached hydrogens (tertiary/aromatic N) is 1.